The molecule has 4 nitrogen and oxygen atoms in total. The number of rotatable bonds is 3. The van der Waals surface area contributed by atoms with Crippen LogP contribution in [0.1, 0.15) is 41.6 Å². The standard InChI is InChI=1S/C16H21NO3/c18-15(19)14-4-2-13(3-5-14)12-17-9-7-16(8-10-17)6-1-11-20-16/h2-5H,1,6-12H2,(H,18,19). The van der Waals surface area contributed by atoms with E-state index in [4.69, 9.17) is 9.84 Å². The van der Waals surface area contributed by atoms with Gasteiger partial charge in [0, 0.05) is 26.2 Å². The maximum atomic E-state index is 10.8. The summed E-state index contributed by atoms with van der Waals surface area (Å²) in [5, 5.41) is 8.89. The lowest BCUT2D eigenvalue weighted by molar-refractivity contribution is -0.0447. The molecule has 4 heteroatoms. The summed E-state index contributed by atoms with van der Waals surface area (Å²) < 4.78 is 5.93. The lowest BCUT2D eigenvalue weighted by atomic mass is 9.88. The SMILES string of the molecule is O=C(O)c1ccc(CN2CCC3(CCCO3)CC2)cc1. The summed E-state index contributed by atoms with van der Waals surface area (Å²) in [5.41, 5.74) is 1.70. The minimum Gasteiger partial charge on any atom is -0.478 e. The highest BCUT2D eigenvalue weighted by Crippen LogP contribution is 2.35. The Morgan fingerprint density at radius 1 is 1.20 bits per heavy atom. The Morgan fingerprint density at radius 3 is 2.45 bits per heavy atom. The largest absolute Gasteiger partial charge is 0.478 e. The highest BCUT2D eigenvalue weighted by atomic mass is 16.5. The smallest absolute Gasteiger partial charge is 0.335 e. The van der Waals surface area contributed by atoms with Crippen LogP contribution < -0.4 is 0 Å². The fraction of sp³-hybridized carbons (Fsp3) is 0.562. The topological polar surface area (TPSA) is 49.8 Å². The van der Waals surface area contributed by atoms with E-state index in [0.29, 0.717) is 5.56 Å². The molecule has 2 fully saturated rings. The molecule has 1 aromatic carbocycles. The van der Waals surface area contributed by atoms with Gasteiger partial charge in [0.25, 0.3) is 0 Å². The third-order valence-corrected chi connectivity index (χ3v) is 4.56. The van der Waals surface area contributed by atoms with E-state index in [0.717, 1.165) is 39.1 Å². The summed E-state index contributed by atoms with van der Waals surface area (Å²) >= 11 is 0. The van der Waals surface area contributed by atoms with E-state index in [1.807, 2.05) is 12.1 Å². The molecule has 0 aliphatic carbocycles. The summed E-state index contributed by atoms with van der Waals surface area (Å²) in [5.74, 6) is -0.866. The van der Waals surface area contributed by atoms with Crippen molar-refractivity contribution in [3.8, 4) is 0 Å². The molecule has 0 unspecified atom stereocenters. The van der Waals surface area contributed by atoms with Gasteiger partial charge in [-0.25, -0.2) is 4.79 Å². The van der Waals surface area contributed by atoms with E-state index in [2.05, 4.69) is 4.90 Å². The van der Waals surface area contributed by atoms with Crippen LogP contribution in [0.2, 0.25) is 0 Å². The number of carboxylic acid groups (broad SMARTS) is 1. The number of likely N-dealkylation sites (tertiary alicyclic amines) is 1. The molecule has 0 atom stereocenters. The van der Waals surface area contributed by atoms with Crippen molar-refractivity contribution in [2.75, 3.05) is 19.7 Å². The molecule has 108 valence electrons. The molecule has 0 bridgehead atoms. The van der Waals surface area contributed by atoms with E-state index >= 15 is 0 Å². The van der Waals surface area contributed by atoms with Crippen molar-refractivity contribution in [1.82, 2.24) is 4.90 Å². The second-order valence-corrected chi connectivity index (χ2v) is 5.91. The van der Waals surface area contributed by atoms with Gasteiger partial charge in [0.2, 0.25) is 0 Å². The number of carbonyl (C=O) groups is 1. The van der Waals surface area contributed by atoms with Crippen molar-refractivity contribution < 1.29 is 14.6 Å². The minimum absolute atomic E-state index is 0.170. The molecule has 20 heavy (non-hydrogen) atoms. The third kappa shape index (κ3) is 2.86. The number of carboxylic acids is 1. The monoisotopic (exact) mass is 275 g/mol. The fourth-order valence-electron chi connectivity index (χ4n) is 3.28. The predicted octanol–water partition coefficient (Wildman–Crippen LogP) is 2.53. The van der Waals surface area contributed by atoms with E-state index in [1.165, 1.54) is 18.4 Å². The summed E-state index contributed by atoms with van der Waals surface area (Å²) in [6.45, 7) is 3.97. The summed E-state index contributed by atoms with van der Waals surface area (Å²) in [4.78, 5) is 13.3. The highest BCUT2D eigenvalue weighted by molar-refractivity contribution is 5.87. The zero-order valence-electron chi connectivity index (χ0n) is 11.7. The molecule has 1 N–H and O–H groups in total. The average Bonchev–Trinajstić information content (AvgIpc) is 2.91. The molecule has 0 saturated carbocycles. The first-order chi connectivity index (χ1) is 9.67. The molecule has 2 saturated heterocycles. The Bertz CT molecular complexity index is 467. The molecule has 2 aliphatic rings. The van der Waals surface area contributed by atoms with Crippen LogP contribution in [0.15, 0.2) is 24.3 Å². The Labute approximate surface area is 119 Å². The minimum atomic E-state index is -0.866. The number of benzene rings is 1. The number of hydrogen-bond donors (Lipinski definition) is 1. The van der Waals surface area contributed by atoms with Gasteiger partial charge >= 0.3 is 5.97 Å². The van der Waals surface area contributed by atoms with Gasteiger partial charge in [-0.15, -0.1) is 0 Å². The second-order valence-electron chi connectivity index (χ2n) is 5.91. The molecular formula is C16H21NO3. The quantitative estimate of drug-likeness (QED) is 0.921. The van der Waals surface area contributed by atoms with E-state index in [9.17, 15) is 4.79 Å². The van der Waals surface area contributed by atoms with Crippen LogP contribution in [0, 0.1) is 0 Å². The molecule has 0 radical (unpaired) electrons. The Kier molecular flexibility index (Phi) is 3.76. The summed E-state index contributed by atoms with van der Waals surface area (Å²) in [6, 6.07) is 7.20. The Hall–Kier alpha value is -1.39. The Balaban J connectivity index is 1.55. The number of aromatic carboxylic acids is 1. The van der Waals surface area contributed by atoms with Crippen LogP contribution in [0.3, 0.4) is 0 Å². The first-order valence-electron chi connectivity index (χ1n) is 7.35. The molecular weight excluding hydrogens is 254 g/mol. The number of ether oxygens (including phenoxy) is 1. The average molecular weight is 275 g/mol. The van der Waals surface area contributed by atoms with Crippen molar-refractivity contribution in [3.63, 3.8) is 0 Å². The second kappa shape index (κ2) is 5.54. The van der Waals surface area contributed by atoms with Crippen molar-refractivity contribution >= 4 is 5.97 Å². The maximum Gasteiger partial charge on any atom is 0.335 e. The molecule has 2 heterocycles. The van der Waals surface area contributed by atoms with Crippen LogP contribution in [0.25, 0.3) is 0 Å². The van der Waals surface area contributed by atoms with Crippen LogP contribution >= 0.6 is 0 Å². The fourth-order valence-corrected chi connectivity index (χ4v) is 3.28. The summed E-state index contributed by atoms with van der Waals surface area (Å²) in [6.07, 6.45) is 4.67. The molecule has 1 aromatic rings. The first kappa shape index (κ1) is 13.6. The van der Waals surface area contributed by atoms with Gasteiger partial charge in [0.15, 0.2) is 0 Å². The molecule has 3 rings (SSSR count). The van der Waals surface area contributed by atoms with Crippen LogP contribution in [-0.2, 0) is 11.3 Å². The van der Waals surface area contributed by atoms with E-state index in [-0.39, 0.29) is 5.60 Å². The maximum absolute atomic E-state index is 10.8. The van der Waals surface area contributed by atoms with Crippen LogP contribution in [-0.4, -0.2) is 41.3 Å². The molecule has 1 spiro atoms. The van der Waals surface area contributed by atoms with Crippen molar-refractivity contribution in [3.05, 3.63) is 35.4 Å². The van der Waals surface area contributed by atoms with Crippen molar-refractivity contribution in [1.29, 1.82) is 0 Å². The van der Waals surface area contributed by atoms with Crippen LogP contribution in [0.4, 0.5) is 0 Å². The number of hydrogen-bond acceptors (Lipinski definition) is 3. The first-order valence-corrected chi connectivity index (χ1v) is 7.35. The van der Waals surface area contributed by atoms with Gasteiger partial charge in [-0.1, -0.05) is 12.1 Å². The molecule has 0 aromatic heterocycles. The van der Waals surface area contributed by atoms with Crippen LogP contribution in [0.5, 0.6) is 0 Å². The van der Waals surface area contributed by atoms with Gasteiger partial charge in [-0.2, -0.15) is 0 Å². The Morgan fingerprint density at radius 2 is 1.90 bits per heavy atom. The normalized spacial score (nSPS) is 22.2. The van der Waals surface area contributed by atoms with Gasteiger partial charge in [-0.05, 0) is 43.4 Å². The zero-order valence-corrected chi connectivity index (χ0v) is 11.7. The van der Waals surface area contributed by atoms with E-state index in [1.54, 1.807) is 12.1 Å². The molecule has 2 aliphatic heterocycles. The number of nitrogens with zero attached hydrogens (tertiary/aromatic N) is 1. The van der Waals surface area contributed by atoms with Crippen molar-refractivity contribution in [2.24, 2.45) is 0 Å². The lowest BCUT2D eigenvalue weighted by Crippen LogP contribution is -2.43. The lowest BCUT2D eigenvalue weighted by Gasteiger charge is -2.38. The zero-order chi connectivity index (χ0) is 14.0. The third-order valence-electron chi connectivity index (χ3n) is 4.56. The summed E-state index contributed by atoms with van der Waals surface area (Å²) in [7, 11) is 0. The molecule has 0 amide bonds. The van der Waals surface area contributed by atoms with Crippen molar-refractivity contribution in [2.45, 2.75) is 37.8 Å². The van der Waals surface area contributed by atoms with E-state index < -0.39 is 5.97 Å². The van der Waals surface area contributed by atoms with Gasteiger partial charge in [-0.3, -0.25) is 4.90 Å². The number of piperidine rings is 1. The predicted molar refractivity (Wildman–Crippen MR) is 75.8 cm³/mol. The highest BCUT2D eigenvalue weighted by Gasteiger charge is 2.38. The van der Waals surface area contributed by atoms with Gasteiger partial charge in [0.05, 0.1) is 11.2 Å². The van der Waals surface area contributed by atoms with Gasteiger partial charge < -0.3 is 9.84 Å². The van der Waals surface area contributed by atoms with Gasteiger partial charge in [0.1, 0.15) is 0 Å².